The molecule has 0 aliphatic heterocycles. The molecule has 0 aromatic heterocycles. The molecule has 0 heterocycles. The summed E-state index contributed by atoms with van der Waals surface area (Å²) in [6.07, 6.45) is 0.566. The predicted molar refractivity (Wildman–Crippen MR) is 60.8 cm³/mol. The Morgan fingerprint density at radius 2 is 1.88 bits per heavy atom. The lowest BCUT2D eigenvalue weighted by Crippen LogP contribution is -2.53. The standard InChI is InChI=1S/C13H16O3/c1-13(16-3)11(8-12(13)14)9-4-6-10(15-2)7-5-9/h4-7,11H,8H2,1-3H3/t11-,13-/m0/s1. The van der Waals surface area contributed by atoms with Crippen molar-refractivity contribution in [2.75, 3.05) is 14.2 Å². The monoisotopic (exact) mass is 220 g/mol. The largest absolute Gasteiger partial charge is 0.497 e. The number of Topliss-reactive ketones (excluding diaryl/α,β-unsaturated/α-hetero) is 1. The van der Waals surface area contributed by atoms with Crippen LogP contribution < -0.4 is 4.74 Å². The molecule has 0 spiro atoms. The quantitative estimate of drug-likeness (QED) is 0.783. The lowest BCUT2D eigenvalue weighted by atomic mass is 9.66. The predicted octanol–water partition coefficient (Wildman–Crippen LogP) is 2.16. The van der Waals surface area contributed by atoms with Gasteiger partial charge < -0.3 is 9.47 Å². The summed E-state index contributed by atoms with van der Waals surface area (Å²) in [7, 11) is 3.23. The number of rotatable bonds is 3. The topological polar surface area (TPSA) is 35.5 Å². The molecule has 16 heavy (non-hydrogen) atoms. The molecular weight excluding hydrogens is 204 g/mol. The van der Waals surface area contributed by atoms with Crippen LogP contribution in [0.25, 0.3) is 0 Å². The molecule has 0 radical (unpaired) electrons. The molecular formula is C13H16O3. The molecule has 0 N–H and O–H groups in total. The molecule has 1 aliphatic carbocycles. The van der Waals surface area contributed by atoms with Crippen molar-refractivity contribution in [1.29, 1.82) is 0 Å². The van der Waals surface area contributed by atoms with Gasteiger partial charge in [-0.15, -0.1) is 0 Å². The van der Waals surface area contributed by atoms with E-state index in [2.05, 4.69) is 0 Å². The summed E-state index contributed by atoms with van der Waals surface area (Å²) >= 11 is 0. The second-order valence-electron chi connectivity index (χ2n) is 4.26. The first-order chi connectivity index (χ1) is 7.61. The maximum absolute atomic E-state index is 11.5. The fourth-order valence-electron chi connectivity index (χ4n) is 2.17. The van der Waals surface area contributed by atoms with Gasteiger partial charge in [-0.1, -0.05) is 12.1 Å². The van der Waals surface area contributed by atoms with Crippen molar-refractivity contribution in [3.8, 4) is 5.75 Å². The number of benzene rings is 1. The van der Waals surface area contributed by atoms with Crippen molar-refractivity contribution in [3.05, 3.63) is 29.8 Å². The molecule has 2 rings (SSSR count). The zero-order chi connectivity index (χ0) is 11.8. The van der Waals surface area contributed by atoms with Crippen molar-refractivity contribution >= 4 is 5.78 Å². The molecule has 3 nitrogen and oxygen atoms in total. The number of ketones is 1. The minimum atomic E-state index is -0.644. The number of ether oxygens (including phenoxy) is 2. The first-order valence-corrected chi connectivity index (χ1v) is 5.34. The first kappa shape index (κ1) is 11.1. The average Bonchev–Trinajstić information content (AvgIpc) is 2.35. The Bertz CT molecular complexity index is 396. The number of carbonyl (C=O) groups excluding carboxylic acids is 1. The maximum atomic E-state index is 11.5. The molecule has 1 aliphatic rings. The Morgan fingerprint density at radius 3 is 2.31 bits per heavy atom. The molecule has 2 atom stereocenters. The van der Waals surface area contributed by atoms with E-state index in [4.69, 9.17) is 9.47 Å². The van der Waals surface area contributed by atoms with Crippen molar-refractivity contribution in [2.24, 2.45) is 0 Å². The van der Waals surface area contributed by atoms with Gasteiger partial charge >= 0.3 is 0 Å². The van der Waals surface area contributed by atoms with Crippen molar-refractivity contribution < 1.29 is 14.3 Å². The van der Waals surface area contributed by atoms with E-state index in [-0.39, 0.29) is 11.7 Å². The van der Waals surface area contributed by atoms with E-state index >= 15 is 0 Å². The van der Waals surface area contributed by atoms with E-state index in [0.717, 1.165) is 11.3 Å². The third kappa shape index (κ3) is 1.52. The van der Waals surface area contributed by atoms with E-state index in [1.165, 1.54) is 0 Å². The summed E-state index contributed by atoms with van der Waals surface area (Å²) in [5, 5.41) is 0. The van der Waals surface area contributed by atoms with Gasteiger partial charge in [0.15, 0.2) is 5.78 Å². The van der Waals surface area contributed by atoms with Crippen LogP contribution in [0.5, 0.6) is 5.75 Å². The van der Waals surface area contributed by atoms with Gasteiger partial charge in [-0.2, -0.15) is 0 Å². The molecule has 1 aromatic carbocycles. The van der Waals surface area contributed by atoms with Crippen molar-refractivity contribution in [3.63, 3.8) is 0 Å². The molecule has 1 saturated carbocycles. The van der Waals surface area contributed by atoms with Crippen molar-refractivity contribution in [1.82, 2.24) is 0 Å². The van der Waals surface area contributed by atoms with Crippen LogP contribution in [0.4, 0.5) is 0 Å². The Kier molecular flexibility index (Phi) is 2.72. The Labute approximate surface area is 95.4 Å². The van der Waals surface area contributed by atoms with E-state index in [0.29, 0.717) is 6.42 Å². The number of methoxy groups -OCH3 is 2. The van der Waals surface area contributed by atoms with Crippen LogP contribution in [-0.2, 0) is 9.53 Å². The fraction of sp³-hybridized carbons (Fsp3) is 0.462. The summed E-state index contributed by atoms with van der Waals surface area (Å²) in [6.45, 7) is 1.85. The van der Waals surface area contributed by atoms with Crippen LogP contribution in [0.15, 0.2) is 24.3 Å². The summed E-state index contributed by atoms with van der Waals surface area (Å²) < 4.78 is 10.4. The molecule has 86 valence electrons. The van der Waals surface area contributed by atoms with Gasteiger partial charge in [-0.25, -0.2) is 0 Å². The van der Waals surface area contributed by atoms with E-state index in [9.17, 15) is 4.79 Å². The lowest BCUT2D eigenvalue weighted by Gasteiger charge is -2.44. The third-order valence-corrected chi connectivity index (χ3v) is 3.55. The van der Waals surface area contributed by atoms with E-state index in [1.54, 1.807) is 14.2 Å². The van der Waals surface area contributed by atoms with Gasteiger partial charge in [0.05, 0.1) is 7.11 Å². The second-order valence-corrected chi connectivity index (χ2v) is 4.26. The summed E-state index contributed by atoms with van der Waals surface area (Å²) in [6, 6.07) is 7.81. The highest BCUT2D eigenvalue weighted by Crippen LogP contribution is 2.45. The normalized spacial score (nSPS) is 28.7. The van der Waals surface area contributed by atoms with Gasteiger partial charge in [-0.05, 0) is 24.6 Å². The molecule has 0 saturated heterocycles. The lowest BCUT2D eigenvalue weighted by molar-refractivity contribution is -0.157. The van der Waals surface area contributed by atoms with Gasteiger partial charge in [-0.3, -0.25) is 4.79 Å². The van der Waals surface area contributed by atoms with Crippen LogP contribution in [-0.4, -0.2) is 25.6 Å². The Hall–Kier alpha value is -1.35. The van der Waals surface area contributed by atoms with Crippen LogP contribution in [0.3, 0.4) is 0 Å². The highest BCUT2D eigenvalue weighted by molar-refractivity contribution is 5.95. The molecule has 1 fully saturated rings. The number of hydrogen-bond donors (Lipinski definition) is 0. The van der Waals surface area contributed by atoms with Gasteiger partial charge in [0.1, 0.15) is 11.4 Å². The molecule has 1 aromatic rings. The van der Waals surface area contributed by atoms with Crippen LogP contribution >= 0.6 is 0 Å². The van der Waals surface area contributed by atoms with Crippen molar-refractivity contribution in [2.45, 2.75) is 24.9 Å². The summed E-state index contributed by atoms with van der Waals surface area (Å²) in [5.74, 6) is 1.17. The molecule has 3 heteroatoms. The second kappa shape index (κ2) is 3.91. The fourth-order valence-corrected chi connectivity index (χ4v) is 2.17. The van der Waals surface area contributed by atoms with Gasteiger partial charge in [0.2, 0.25) is 0 Å². The SMILES string of the molecule is COc1ccc([C@@H]2CC(=O)[C@@]2(C)OC)cc1. The Morgan fingerprint density at radius 1 is 1.25 bits per heavy atom. The Balaban J connectivity index is 2.22. The first-order valence-electron chi connectivity index (χ1n) is 5.34. The highest BCUT2D eigenvalue weighted by atomic mass is 16.5. The van der Waals surface area contributed by atoms with Gasteiger partial charge in [0, 0.05) is 19.4 Å². The zero-order valence-corrected chi connectivity index (χ0v) is 9.82. The average molecular weight is 220 g/mol. The minimum Gasteiger partial charge on any atom is -0.497 e. The molecule has 0 amide bonds. The molecule has 0 bridgehead atoms. The number of hydrogen-bond acceptors (Lipinski definition) is 3. The van der Waals surface area contributed by atoms with Crippen LogP contribution in [0.2, 0.25) is 0 Å². The maximum Gasteiger partial charge on any atom is 0.165 e. The molecule has 0 unspecified atom stereocenters. The smallest absolute Gasteiger partial charge is 0.165 e. The minimum absolute atomic E-state index is 0.163. The number of carbonyl (C=O) groups is 1. The zero-order valence-electron chi connectivity index (χ0n) is 9.82. The third-order valence-electron chi connectivity index (χ3n) is 3.55. The van der Waals surface area contributed by atoms with E-state index < -0.39 is 5.60 Å². The summed E-state index contributed by atoms with van der Waals surface area (Å²) in [4.78, 5) is 11.5. The van der Waals surface area contributed by atoms with Crippen LogP contribution in [0.1, 0.15) is 24.8 Å². The van der Waals surface area contributed by atoms with E-state index in [1.807, 2.05) is 31.2 Å². The van der Waals surface area contributed by atoms with Crippen LogP contribution in [0, 0.1) is 0 Å². The highest BCUT2D eigenvalue weighted by Gasteiger charge is 2.52. The summed E-state index contributed by atoms with van der Waals surface area (Å²) in [5.41, 5.74) is 0.485. The van der Waals surface area contributed by atoms with Gasteiger partial charge in [0.25, 0.3) is 0 Å².